The third-order valence-electron chi connectivity index (χ3n) is 4.80. The summed E-state index contributed by atoms with van der Waals surface area (Å²) < 4.78 is 0. The number of pyridine rings is 1. The van der Waals surface area contributed by atoms with Gasteiger partial charge in [-0.1, -0.05) is 23.7 Å². The molecule has 1 amide bonds. The zero-order chi connectivity index (χ0) is 17.5. The van der Waals surface area contributed by atoms with Crippen molar-refractivity contribution >= 4 is 28.3 Å². The van der Waals surface area contributed by atoms with Gasteiger partial charge >= 0.3 is 0 Å². The summed E-state index contributed by atoms with van der Waals surface area (Å²) >= 11 is 5.61. The molecule has 1 aliphatic heterocycles. The molecule has 4 nitrogen and oxygen atoms in total. The first-order valence-corrected chi connectivity index (χ1v) is 9.29. The summed E-state index contributed by atoms with van der Waals surface area (Å²) in [7, 11) is 0. The minimum Gasteiger partial charge on any atom is -0.352 e. The quantitative estimate of drug-likeness (QED) is 0.854. The fourth-order valence-corrected chi connectivity index (χ4v) is 3.54. The second-order valence-corrected chi connectivity index (χ2v) is 6.86. The van der Waals surface area contributed by atoms with Crippen molar-refractivity contribution < 1.29 is 4.79 Å². The number of aromatic nitrogens is 1. The third-order valence-corrected chi connectivity index (χ3v) is 4.97. The smallest absolute Gasteiger partial charge is 0.251 e. The molecule has 132 valence electrons. The molecule has 0 radical (unpaired) electrons. The van der Waals surface area contributed by atoms with Gasteiger partial charge in [0, 0.05) is 48.5 Å². The molecule has 0 spiro atoms. The largest absolute Gasteiger partial charge is 0.352 e. The van der Waals surface area contributed by atoms with Gasteiger partial charge in [0.15, 0.2) is 0 Å². The second-order valence-electron chi connectivity index (χ2n) is 6.61. The summed E-state index contributed by atoms with van der Waals surface area (Å²) in [6.07, 6.45) is 9.00. The molecular weight excluding hydrogens is 334 g/mol. The van der Waals surface area contributed by atoms with Crippen molar-refractivity contribution in [2.24, 2.45) is 5.92 Å². The standard InChI is InChI=1S/C20H24ClN3O/c21-8-2-12-24-11-1-3-16(15-24)6-10-23-20(25)18-5-4-17-7-9-22-14-19(17)13-18/h2,4-5,7-9,13-14,16H,1,3,6,10-12,15H2,(H,23,25)/b8-2+. The number of piperidine rings is 1. The predicted molar refractivity (Wildman–Crippen MR) is 103 cm³/mol. The second kappa shape index (κ2) is 8.97. The normalized spacial score (nSPS) is 18.7. The molecule has 3 rings (SSSR count). The predicted octanol–water partition coefficient (Wildman–Crippen LogP) is 3.82. The average Bonchev–Trinajstić information content (AvgIpc) is 2.66. The van der Waals surface area contributed by atoms with E-state index in [4.69, 9.17) is 11.6 Å². The zero-order valence-corrected chi connectivity index (χ0v) is 15.1. The number of carbonyl (C=O) groups excluding carboxylic acids is 1. The minimum atomic E-state index is -0.0107. The molecule has 1 aromatic carbocycles. The molecule has 2 aromatic rings. The van der Waals surface area contributed by atoms with Gasteiger partial charge in [0.2, 0.25) is 0 Å². The monoisotopic (exact) mass is 357 g/mol. The van der Waals surface area contributed by atoms with Crippen LogP contribution in [0.2, 0.25) is 0 Å². The number of halogens is 1. The zero-order valence-electron chi connectivity index (χ0n) is 14.3. The minimum absolute atomic E-state index is 0.0107. The van der Waals surface area contributed by atoms with Crippen molar-refractivity contribution in [1.82, 2.24) is 15.2 Å². The van der Waals surface area contributed by atoms with Crippen LogP contribution < -0.4 is 5.32 Å². The van der Waals surface area contributed by atoms with E-state index in [0.29, 0.717) is 18.0 Å². The first-order chi connectivity index (χ1) is 12.3. The van der Waals surface area contributed by atoms with E-state index in [0.717, 1.165) is 36.8 Å². The van der Waals surface area contributed by atoms with Gasteiger partial charge in [-0.2, -0.15) is 0 Å². The van der Waals surface area contributed by atoms with Crippen LogP contribution in [0.3, 0.4) is 0 Å². The van der Waals surface area contributed by atoms with Crippen LogP contribution in [0.4, 0.5) is 0 Å². The van der Waals surface area contributed by atoms with Crippen LogP contribution in [0.5, 0.6) is 0 Å². The van der Waals surface area contributed by atoms with Gasteiger partial charge in [-0.15, -0.1) is 0 Å². The highest BCUT2D eigenvalue weighted by Gasteiger charge is 2.19. The fourth-order valence-electron chi connectivity index (χ4n) is 3.46. The van der Waals surface area contributed by atoms with E-state index in [-0.39, 0.29) is 5.91 Å². The van der Waals surface area contributed by atoms with Crippen molar-refractivity contribution in [3.05, 3.63) is 53.8 Å². The van der Waals surface area contributed by atoms with E-state index in [1.54, 1.807) is 17.9 Å². The highest BCUT2D eigenvalue weighted by molar-refractivity contribution is 6.25. The maximum atomic E-state index is 12.4. The summed E-state index contributed by atoms with van der Waals surface area (Å²) in [6.45, 7) is 3.85. The number of likely N-dealkylation sites (tertiary alicyclic amines) is 1. The number of hydrogen-bond donors (Lipinski definition) is 1. The Hall–Kier alpha value is -1.91. The number of carbonyl (C=O) groups is 1. The van der Waals surface area contributed by atoms with Crippen molar-refractivity contribution in [1.29, 1.82) is 0 Å². The lowest BCUT2D eigenvalue weighted by Crippen LogP contribution is -2.37. The van der Waals surface area contributed by atoms with Crippen LogP contribution in [-0.4, -0.2) is 42.0 Å². The SMILES string of the molecule is O=C(NCCC1CCCN(C/C=C/Cl)C1)c1ccc2ccncc2c1. The van der Waals surface area contributed by atoms with Gasteiger partial charge in [-0.05, 0) is 55.3 Å². The molecule has 0 aliphatic carbocycles. The summed E-state index contributed by atoms with van der Waals surface area (Å²) in [6, 6.07) is 7.69. The molecule has 0 saturated carbocycles. The Balaban J connectivity index is 1.48. The molecule has 1 saturated heterocycles. The molecule has 0 bridgehead atoms. The number of nitrogens with zero attached hydrogens (tertiary/aromatic N) is 2. The molecule has 1 fully saturated rings. The lowest BCUT2D eigenvalue weighted by molar-refractivity contribution is 0.0947. The summed E-state index contributed by atoms with van der Waals surface area (Å²) in [5, 5.41) is 5.14. The van der Waals surface area contributed by atoms with E-state index in [9.17, 15) is 4.79 Å². The van der Waals surface area contributed by atoms with Crippen LogP contribution in [0, 0.1) is 5.92 Å². The van der Waals surface area contributed by atoms with Crippen molar-refractivity contribution in [3.63, 3.8) is 0 Å². The molecule has 1 aliphatic rings. The molecule has 5 heteroatoms. The van der Waals surface area contributed by atoms with Gasteiger partial charge in [0.25, 0.3) is 5.91 Å². The summed E-state index contributed by atoms with van der Waals surface area (Å²) in [5.41, 5.74) is 2.28. The van der Waals surface area contributed by atoms with Crippen LogP contribution in [0.1, 0.15) is 29.6 Å². The molecule has 1 atom stereocenters. The number of fused-ring (bicyclic) bond motifs is 1. The van der Waals surface area contributed by atoms with Gasteiger partial charge in [-0.3, -0.25) is 14.7 Å². The highest BCUT2D eigenvalue weighted by atomic mass is 35.5. The summed E-state index contributed by atoms with van der Waals surface area (Å²) in [4.78, 5) is 18.9. The van der Waals surface area contributed by atoms with Gasteiger partial charge in [0.05, 0.1) is 0 Å². The fraction of sp³-hybridized carbons (Fsp3) is 0.400. The Labute approximate surface area is 153 Å². The van der Waals surface area contributed by atoms with Crippen LogP contribution in [0.25, 0.3) is 10.8 Å². The highest BCUT2D eigenvalue weighted by Crippen LogP contribution is 2.19. The number of rotatable bonds is 6. The Bertz CT molecular complexity index is 747. The molecule has 25 heavy (non-hydrogen) atoms. The Morgan fingerprint density at radius 2 is 2.28 bits per heavy atom. The lowest BCUT2D eigenvalue weighted by Gasteiger charge is -2.32. The number of nitrogens with one attached hydrogen (secondary N) is 1. The number of amides is 1. The van der Waals surface area contributed by atoms with Gasteiger partial charge < -0.3 is 5.32 Å². The lowest BCUT2D eigenvalue weighted by atomic mass is 9.95. The first-order valence-electron chi connectivity index (χ1n) is 8.86. The number of hydrogen-bond acceptors (Lipinski definition) is 3. The van der Waals surface area contributed by atoms with E-state index in [2.05, 4.69) is 15.2 Å². The Morgan fingerprint density at radius 3 is 3.16 bits per heavy atom. The summed E-state index contributed by atoms with van der Waals surface area (Å²) in [5.74, 6) is 0.627. The molecule has 2 heterocycles. The average molecular weight is 358 g/mol. The molecule has 1 aromatic heterocycles. The van der Waals surface area contributed by atoms with Crippen molar-refractivity contribution in [3.8, 4) is 0 Å². The van der Waals surface area contributed by atoms with E-state index >= 15 is 0 Å². The van der Waals surface area contributed by atoms with Gasteiger partial charge in [0.1, 0.15) is 0 Å². The maximum absolute atomic E-state index is 12.4. The van der Waals surface area contributed by atoms with E-state index in [1.807, 2.05) is 30.3 Å². The number of benzene rings is 1. The maximum Gasteiger partial charge on any atom is 0.251 e. The Kier molecular flexibility index (Phi) is 6.42. The van der Waals surface area contributed by atoms with Crippen LogP contribution >= 0.6 is 11.6 Å². The van der Waals surface area contributed by atoms with E-state index in [1.165, 1.54) is 12.8 Å². The first kappa shape index (κ1) is 17.9. The van der Waals surface area contributed by atoms with Crippen molar-refractivity contribution in [2.75, 3.05) is 26.2 Å². The van der Waals surface area contributed by atoms with Crippen molar-refractivity contribution in [2.45, 2.75) is 19.3 Å². The van der Waals surface area contributed by atoms with E-state index < -0.39 is 0 Å². The molecular formula is C20H24ClN3O. The van der Waals surface area contributed by atoms with Crippen LogP contribution in [0.15, 0.2) is 48.3 Å². The Morgan fingerprint density at radius 1 is 1.36 bits per heavy atom. The third kappa shape index (κ3) is 5.03. The molecule has 1 unspecified atom stereocenters. The topological polar surface area (TPSA) is 45.2 Å². The van der Waals surface area contributed by atoms with Gasteiger partial charge in [-0.25, -0.2) is 0 Å². The molecule has 1 N–H and O–H groups in total. The van der Waals surface area contributed by atoms with Crippen LogP contribution in [-0.2, 0) is 0 Å².